The summed E-state index contributed by atoms with van der Waals surface area (Å²) in [6.45, 7) is 0. The van der Waals surface area contributed by atoms with E-state index < -0.39 is 0 Å². The zero-order valence-corrected chi connectivity index (χ0v) is 12.2. The van der Waals surface area contributed by atoms with E-state index in [1.807, 2.05) is 0 Å². The Labute approximate surface area is 153 Å². The summed E-state index contributed by atoms with van der Waals surface area (Å²) in [6, 6.07) is 0. The minimum Gasteiger partial charge on any atom is -1.00 e. The van der Waals surface area contributed by atoms with Crippen molar-refractivity contribution in [3.8, 4) is 0 Å². The fourth-order valence-electron chi connectivity index (χ4n) is 0. The summed E-state index contributed by atoms with van der Waals surface area (Å²) >= 11 is 0. The van der Waals surface area contributed by atoms with Crippen molar-refractivity contribution in [3.05, 3.63) is 0 Å². The first-order valence-corrected chi connectivity index (χ1v) is 0. The molecule has 0 aliphatic carbocycles. The van der Waals surface area contributed by atoms with Crippen molar-refractivity contribution in [2.24, 2.45) is 0 Å². The summed E-state index contributed by atoms with van der Waals surface area (Å²) in [4.78, 5) is 0. The van der Waals surface area contributed by atoms with E-state index in [9.17, 15) is 0 Å². The molecule has 0 saturated heterocycles. The van der Waals surface area contributed by atoms with E-state index in [-0.39, 0.29) is 157 Å². The molecule has 0 heterocycles. The monoisotopic (exact) mass is 479 g/mol. The second kappa shape index (κ2) is 84.7. The molecule has 0 N–H and O–H groups in total. The van der Waals surface area contributed by atoms with Crippen molar-refractivity contribution in [3.63, 3.8) is 0 Å². The molecule has 0 aromatic rings. The Morgan fingerprint density at radius 1 is 0.333 bits per heavy atom. The number of hydrogen-bond donors (Lipinski definition) is 0. The maximum absolute atomic E-state index is 0. The smallest absolute Gasteiger partial charge is 1.00 e. The van der Waals surface area contributed by atoms with Crippen LogP contribution in [0, 0.1) is 49.4 Å². The number of hydrogen-bond acceptors (Lipinski definition) is 0. The Kier molecular flexibility index (Phi) is 1020. The van der Waals surface area contributed by atoms with Gasteiger partial charge in [0.05, 0.1) is 0 Å². The summed E-state index contributed by atoms with van der Waals surface area (Å²) in [5.74, 6) is 0. The van der Waals surface area contributed by atoms with Crippen LogP contribution in [0.5, 0.6) is 0 Å². The van der Waals surface area contributed by atoms with Crippen LogP contribution in [0.3, 0.4) is 0 Å². The predicted molar refractivity (Wildman–Crippen MR) is 0 cm³/mol. The molecule has 0 saturated carbocycles. The summed E-state index contributed by atoms with van der Waals surface area (Å²) < 4.78 is 0. The first-order chi connectivity index (χ1) is 0. The molecule has 69 valence electrons. The molecule has 0 bridgehead atoms. The van der Waals surface area contributed by atoms with Crippen LogP contribution in [0.15, 0.2) is 0 Å². The van der Waals surface area contributed by atoms with Gasteiger partial charge in [-0.25, -0.2) is 0 Å². The normalized spacial score (nSPS) is 0. The van der Waals surface area contributed by atoms with E-state index in [2.05, 4.69) is 0 Å². The largest absolute Gasteiger partial charge is 2.00 e. The molecule has 0 aromatic heterocycles. The van der Waals surface area contributed by atoms with Crippen LogP contribution in [0.2, 0.25) is 0 Å². The zero-order valence-electron chi connectivity index (χ0n) is 3.28. The summed E-state index contributed by atoms with van der Waals surface area (Å²) in [7, 11) is 0. The van der Waals surface area contributed by atoms with E-state index in [1.54, 1.807) is 0 Å². The van der Waals surface area contributed by atoms with Gasteiger partial charge < -0.3 is 74.4 Å². The van der Waals surface area contributed by atoms with Crippen LogP contribution in [-0.2, 0) is 33.0 Å². The van der Waals surface area contributed by atoms with E-state index in [1.165, 1.54) is 0 Å². The van der Waals surface area contributed by atoms with Crippen LogP contribution in [-0.4, -0.2) is 0 Å². The average Bonchev–Trinajstić information content (AvgIpc) is 0. The van der Waals surface area contributed by atoms with Crippen LogP contribution in [0.25, 0.3) is 0 Å². The maximum Gasteiger partial charge on any atom is 2.00 e. The van der Waals surface area contributed by atoms with Crippen molar-refractivity contribution >= 4 is 0 Å². The molecule has 9 heavy (non-hydrogen) atoms. The van der Waals surface area contributed by atoms with Crippen LogP contribution in [0.4, 0.5) is 0 Å². The zero-order chi connectivity index (χ0) is 0. The van der Waals surface area contributed by atoms with Gasteiger partial charge in [-0.3, -0.25) is 0 Å². The molecular formula is Cl6EuNi2. The van der Waals surface area contributed by atoms with Crippen molar-refractivity contribution in [1.82, 2.24) is 0 Å². The van der Waals surface area contributed by atoms with E-state index in [0.29, 0.717) is 0 Å². The van der Waals surface area contributed by atoms with Gasteiger partial charge in [-0.05, 0) is 0 Å². The van der Waals surface area contributed by atoms with Gasteiger partial charge in [0, 0.05) is 0 Å². The van der Waals surface area contributed by atoms with Crippen molar-refractivity contribution in [2.75, 3.05) is 0 Å². The SMILES string of the molecule is [Cl-].[Cl-].[Cl-].[Cl-].[Cl-].[Cl-].[Eu+2].[Ni+2].[Ni+2]. The Morgan fingerprint density at radius 3 is 0.333 bits per heavy atom. The van der Waals surface area contributed by atoms with Crippen LogP contribution < -0.4 is 74.4 Å². The second-order valence-corrected chi connectivity index (χ2v) is 0. The average molecular weight is 482 g/mol. The van der Waals surface area contributed by atoms with Crippen LogP contribution >= 0.6 is 0 Å². The van der Waals surface area contributed by atoms with Gasteiger partial charge in [0.25, 0.3) is 0 Å². The van der Waals surface area contributed by atoms with Gasteiger partial charge in [0.1, 0.15) is 0 Å². The standard InChI is InChI=1S/6ClH.Eu.2Ni/h6*1H;;;/q;;;;;;3*+2/p-6. The fourth-order valence-corrected chi connectivity index (χ4v) is 0. The summed E-state index contributed by atoms with van der Waals surface area (Å²) in [5.41, 5.74) is 0. The fraction of sp³-hybridized carbons (Fsp3) is 0. The molecule has 0 aliphatic rings. The quantitative estimate of drug-likeness (QED) is 0.302. The molecule has 0 unspecified atom stereocenters. The van der Waals surface area contributed by atoms with Gasteiger partial charge in [0.2, 0.25) is 0 Å². The Hall–Kier alpha value is 4.31. The topological polar surface area (TPSA) is 0 Å². The van der Waals surface area contributed by atoms with Gasteiger partial charge in [0.15, 0.2) is 0 Å². The number of halogens is 6. The Bertz CT molecular complexity index is 11.0. The maximum atomic E-state index is 0. The first-order valence-electron chi connectivity index (χ1n) is 0. The molecule has 0 atom stereocenters. The van der Waals surface area contributed by atoms with Crippen LogP contribution in [0.1, 0.15) is 0 Å². The van der Waals surface area contributed by atoms with Gasteiger partial charge >= 0.3 is 82.4 Å². The van der Waals surface area contributed by atoms with Crippen molar-refractivity contribution in [1.29, 1.82) is 0 Å². The third-order valence-corrected chi connectivity index (χ3v) is 0. The molecule has 0 fully saturated rings. The van der Waals surface area contributed by atoms with Gasteiger partial charge in [-0.15, -0.1) is 0 Å². The van der Waals surface area contributed by atoms with Gasteiger partial charge in [-0.2, -0.15) is 0 Å². The Morgan fingerprint density at radius 2 is 0.333 bits per heavy atom. The first kappa shape index (κ1) is 109. The van der Waals surface area contributed by atoms with Gasteiger partial charge in [-0.1, -0.05) is 0 Å². The van der Waals surface area contributed by atoms with E-state index in [0.717, 1.165) is 0 Å². The molecule has 0 aliphatic heterocycles. The summed E-state index contributed by atoms with van der Waals surface area (Å²) in [6.07, 6.45) is 0. The molecular weight excluding hydrogens is 482 g/mol. The minimum absolute atomic E-state index is 0. The molecule has 0 amide bonds. The molecule has 0 aromatic carbocycles. The molecule has 9 heteroatoms. The number of rotatable bonds is 0. The predicted octanol–water partition coefficient (Wildman–Crippen LogP) is -18.0. The third-order valence-electron chi connectivity index (χ3n) is 0. The van der Waals surface area contributed by atoms with E-state index in [4.69, 9.17) is 0 Å². The second-order valence-electron chi connectivity index (χ2n) is 0. The van der Waals surface area contributed by atoms with Crippen molar-refractivity contribution in [2.45, 2.75) is 0 Å². The molecule has 0 rings (SSSR count). The van der Waals surface area contributed by atoms with E-state index >= 15 is 0 Å². The third kappa shape index (κ3) is 70.4. The summed E-state index contributed by atoms with van der Waals surface area (Å²) in [5, 5.41) is 0. The van der Waals surface area contributed by atoms with Crippen molar-refractivity contribution < 1.29 is 157 Å². The molecule has 1 radical (unpaired) electrons. The molecule has 0 spiro atoms. The Balaban J connectivity index is 0. The minimum atomic E-state index is 0. The molecule has 0 nitrogen and oxygen atoms in total.